The van der Waals surface area contributed by atoms with Gasteiger partial charge in [-0.25, -0.2) is 4.39 Å². The molecule has 2 N–H and O–H groups in total. The van der Waals surface area contributed by atoms with Crippen LogP contribution in [0.15, 0.2) is 42.5 Å². The molecule has 1 aromatic heterocycles. The average molecular weight is 462 g/mol. The van der Waals surface area contributed by atoms with E-state index in [4.69, 9.17) is 0 Å². The molecule has 1 unspecified atom stereocenters. The first kappa shape index (κ1) is 23.4. The first-order valence-corrected chi connectivity index (χ1v) is 11.4. The molecule has 2 heterocycles. The molecule has 0 saturated heterocycles. The molecule has 176 valence electrons. The van der Waals surface area contributed by atoms with Gasteiger partial charge in [0.2, 0.25) is 5.78 Å². The summed E-state index contributed by atoms with van der Waals surface area (Å²) in [6, 6.07) is 10.6. The maximum absolute atomic E-state index is 13.5. The molecule has 3 aromatic rings. The number of aromatic nitrogens is 1. The molecule has 6 nitrogen and oxygen atoms in total. The monoisotopic (exact) mass is 461 g/mol. The fourth-order valence-corrected chi connectivity index (χ4v) is 4.84. The maximum atomic E-state index is 13.5. The van der Waals surface area contributed by atoms with Gasteiger partial charge in [0.15, 0.2) is 5.78 Å². The number of H-pyrrole nitrogens is 1. The topological polar surface area (TPSA) is 82.3 Å². The second-order valence-corrected chi connectivity index (χ2v) is 8.78. The number of hydrogen-bond acceptors (Lipinski definition) is 4. The molecule has 0 bridgehead atoms. The van der Waals surface area contributed by atoms with Crippen LogP contribution in [0.4, 0.5) is 15.8 Å². The van der Waals surface area contributed by atoms with Crippen LogP contribution in [-0.4, -0.2) is 35.0 Å². The summed E-state index contributed by atoms with van der Waals surface area (Å²) in [5.41, 5.74) is 5.33. The Balaban J connectivity index is 1.62. The Hall–Kier alpha value is -3.74. The number of halogens is 1. The number of carbonyl (C=O) groups excluding carboxylic acids is 3. The molecule has 1 aliphatic rings. The third-order valence-electron chi connectivity index (χ3n) is 6.52. The van der Waals surface area contributed by atoms with E-state index in [1.54, 1.807) is 13.8 Å². The zero-order valence-electron chi connectivity index (χ0n) is 19.8. The first-order chi connectivity index (χ1) is 16.2. The summed E-state index contributed by atoms with van der Waals surface area (Å²) in [5.74, 6) is -0.862. The number of benzene rings is 2. The number of nitrogens with zero attached hydrogens (tertiary/aromatic N) is 1. The number of ketones is 2. The molecule has 2 aromatic carbocycles. The van der Waals surface area contributed by atoms with E-state index in [9.17, 15) is 18.8 Å². The smallest absolute Gasteiger partial charge is 0.255 e. The Labute approximate surface area is 198 Å². The number of anilines is 2. The SMILES string of the molecule is CC(=O)c1c(C)[nH]c(C(=O)C(C)N2CCCc3c(NC(=O)c4ccc(F)cc4)cccc32)c1C. The van der Waals surface area contributed by atoms with E-state index in [1.807, 2.05) is 25.1 Å². The molecular formula is C27H28FN3O3. The van der Waals surface area contributed by atoms with Gasteiger partial charge in [-0.1, -0.05) is 6.07 Å². The highest BCUT2D eigenvalue weighted by molar-refractivity contribution is 6.07. The number of aromatic amines is 1. The van der Waals surface area contributed by atoms with E-state index < -0.39 is 11.9 Å². The van der Waals surface area contributed by atoms with Crippen molar-refractivity contribution in [2.75, 3.05) is 16.8 Å². The Bertz CT molecular complexity index is 1280. The van der Waals surface area contributed by atoms with Crippen LogP contribution in [0.3, 0.4) is 0 Å². The van der Waals surface area contributed by atoms with E-state index in [2.05, 4.69) is 15.2 Å². The van der Waals surface area contributed by atoms with E-state index in [1.165, 1.54) is 31.2 Å². The molecule has 1 amide bonds. The van der Waals surface area contributed by atoms with Crippen molar-refractivity contribution in [3.63, 3.8) is 0 Å². The molecule has 0 radical (unpaired) electrons. The van der Waals surface area contributed by atoms with Crippen LogP contribution < -0.4 is 10.2 Å². The number of Topliss-reactive ketones (excluding diaryl/α,β-unsaturated/α-hetero) is 2. The summed E-state index contributed by atoms with van der Waals surface area (Å²) in [6.07, 6.45) is 1.59. The number of carbonyl (C=O) groups is 3. The van der Waals surface area contributed by atoms with Crippen LogP contribution >= 0.6 is 0 Å². The molecular weight excluding hydrogens is 433 g/mol. The summed E-state index contributed by atoms with van der Waals surface area (Å²) in [5, 5.41) is 2.94. The molecule has 0 spiro atoms. The third-order valence-corrected chi connectivity index (χ3v) is 6.52. The van der Waals surface area contributed by atoms with Crippen molar-refractivity contribution >= 4 is 28.8 Å². The van der Waals surface area contributed by atoms with Crippen molar-refractivity contribution in [3.8, 4) is 0 Å². The fourth-order valence-electron chi connectivity index (χ4n) is 4.84. The van der Waals surface area contributed by atoms with Gasteiger partial charge in [0.05, 0.1) is 11.7 Å². The minimum absolute atomic E-state index is 0.0668. The third kappa shape index (κ3) is 4.25. The van der Waals surface area contributed by atoms with E-state index in [0.717, 1.165) is 24.1 Å². The largest absolute Gasteiger partial charge is 0.361 e. The molecule has 0 aliphatic carbocycles. The molecule has 1 aliphatic heterocycles. The lowest BCUT2D eigenvalue weighted by atomic mass is 9.96. The normalized spacial score (nSPS) is 13.9. The van der Waals surface area contributed by atoms with Gasteiger partial charge in [-0.05, 0) is 88.1 Å². The van der Waals surface area contributed by atoms with Crippen LogP contribution in [0.25, 0.3) is 0 Å². The Morgan fingerprint density at radius 3 is 2.44 bits per heavy atom. The lowest BCUT2D eigenvalue weighted by Gasteiger charge is -2.36. The van der Waals surface area contributed by atoms with Crippen LogP contribution in [0.1, 0.15) is 68.3 Å². The predicted octanol–water partition coefficient (Wildman–Crippen LogP) is 5.25. The molecule has 0 fully saturated rings. The molecule has 7 heteroatoms. The van der Waals surface area contributed by atoms with Gasteiger partial charge in [0.1, 0.15) is 5.82 Å². The van der Waals surface area contributed by atoms with Gasteiger partial charge in [-0.2, -0.15) is 0 Å². The van der Waals surface area contributed by atoms with Crippen molar-refractivity contribution in [3.05, 3.63) is 81.9 Å². The quantitative estimate of drug-likeness (QED) is 0.491. The maximum Gasteiger partial charge on any atom is 0.255 e. The molecule has 4 rings (SSSR count). The highest BCUT2D eigenvalue weighted by Crippen LogP contribution is 2.35. The highest BCUT2D eigenvalue weighted by Gasteiger charge is 2.31. The van der Waals surface area contributed by atoms with Crippen LogP contribution in [0, 0.1) is 19.7 Å². The van der Waals surface area contributed by atoms with Gasteiger partial charge in [0, 0.05) is 34.7 Å². The Morgan fingerprint density at radius 2 is 1.79 bits per heavy atom. The average Bonchev–Trinajstić information content (AvgIpc) is 3.12. The van der Waals surface area contributed by atoms with Crippen molar-refractivity contribution in [2.24, 2.45) is 0 Å². The number of rotatable bonds is 6. The second kappa shape index (κ2) is 9.25. The minimum atomic E-state index is -0.460. The highest BCUT2D eigenvalue weighted by atomic mass is 19.1. The summed E-state index contributed by atoms with van der Waals surface area (Å²) in [7, 11) is 0. The zero-order valence-corrected chi connectivity index (χ0v) is 19.8. The van der Waals surface area contributed by atoms with Gasteiger partial charge in [-0.3, -0.25) is 14.4 Å². The second-order valence-electron chi connectivity index (χ2n) is 8.78. The molecule has 34 heavy (non-hydrogen) atoms. The summed E-state index contributed by atoms with van der Waals surface area (Å²) >= 11 is 0. The number of hydrogen-bond donors (Lipinski definition) is 2. The lowest BCUT2D eigenvalue weighted by Crippen LogP contribution is -2.42. The first-order valence-electron chi connectivity index (χ1n) is 11.4. The van der Waals surface area contributed by atoms with Crippen LogP contribution in [0.5, 0.6) is 0 Å². The zero-order chi connectivity index (χ0) is 24.6. The predicted molar refractivity (Wildman–Crippen MR) is 131 cm³/mol. The fraction of sp³-hybridized carbons (Fsp3) is 0.296. The number of amides is 1. The standard InChI is InChI=1S/C27H28FN3O3/c1-15-24(18(4)32)16(2)29-25(15)26(33)17(3)31-14-6-7-21-22(8-5-9-23(21)31)30-27(34)19-10-12-20(28)13-11-19/h5,8-13,17,29H,6-7,14H2,1-4H3,(H,30,34). The van der Waals surface area contributed by atoms with Crippen LogP contribution in [0.2, 0.25) is 0 Å². The van der Waals surface area contributed by atoms with Gasteiger partial charge in [0.25, 0.3) is 5.91 Å². The van der Waals surface area contributed by atoms with Crippen molar-refractivity contribution in [1.29, 1.82) is 0 Å². The number of fused-ring (bicyclic) bond motifs is 1. The number of aryl methyl sites for hydroxylation is 1. The van der Waals surface area contributed by atoms with E-state index in [-0.39, 0.29) is 17.5 Å². The van der Waals surface area contributed by atoms with Crippen molar-refractivity contribution in [2.45, 2.75) is 46.6 Å². The molecule has 0 saturated carbocycles. The Kier molecular flexibility index (Phi) is 6.37. The lowest BCUT2D eigenvalue weighted by molar-refractivity contribution is 0.0957. The van der Waals surface area contributed by atoms with Crippen molar-refractivity contribution in [1.82, 2.24) is 4.98 Å². The van der Waals surface area contributed by atoms with E-state index >= 15 is 0 Å². The Morgan fingerprint density at radius 1 is 1.09 bits per heavy atom. The molecule has 1 atom stereocenters. The van der Waals surface area contributed by atoms with E-state index in [0.29, 0.717) is 40.3 Å². The van der Waals surface area contributed by atoms with Gasteiger partial charge >= 0.3 is 0 Å². The van der Waals surface area contributed by atoms with Crippen molar-refractivity contribution < 1.29 is 18.8 Å². The minimum Gasteiger partial charge on any atom is -0.361 e. The number of nitrogens with one attached hydrogen (secondary N) is 2. The van der Waals surface area contributed by atoms with Gasteiger partial charge in [-0.15, -0.1) is 0 Å². The summed E-state index contributed by atoms with van der Waals surface area (Å²) in [6.45, 7) is 7.67. The summed E-state index contributed by atoms with van der Waals surface area (Å²) in [4.78, 5) is 43.3. The van der Waals surface area contributed by atoms with Gasteiger partial charge < -0.3 is 15.2 Å². The summed E-state index contributed by atoms with van der Waals surface area (Å²) < 4.78 is 13.2. The van der Waals surface area contributed by atoms with Crippen LogP contribution in [-0.2, 0) is 6.42 Å².